The summed E-state index contributed by atoms with van der Waals surface area (Å²) < 4.78 is 11.4. The van der Waals surface area contributed by atoms with Crippen LogP contribution in [0, 0.1) is 0 Å². The molecule has 0 spiro atoms. The van der Waals surface area contributed by atoms with Gasteiger partial charge in [-0.3, -0.25) is 0 Å². The van der Waals surface area contributed by atoms with Crippen molar-refractivity contribution in [3.05, 3.63) is 70.2 Å². The first-order chi connectivity index (χ1) is 14.2. The number of rotatable bonds is 8. The minimum absolute atomic E-state index is 0. The number of benzene rings is 2. The zero-order valence-corrected chi connectivity index (χ0v) is 20.5. The Hall–Kier alpha value is -1.35. The van der Waals surface area contributed by atoms with Crippen LogP contribution in [0.15, 0.2) is 53.5 Å². The molecule has 0 radical (unpaired) electrons. The normalized spacial score (nSPS) is 14.8. The topological polar surface area (TPSA) is 54.9 Å². The highest BCUT2D eigenvalue weighted by Gasteiger charge is 2.13. The lowest BCUT2D eigenvalue weighted by Gasteiger charge is -2.22. The van der Waals surface area contributed by atoms with Crippen molar-refractivity contribution in [3.63, 3.8) is 0 Å². The van der Waals surface area contributed by atoms with Gasteiger partial charge in [-0.1, -0.05) is 48.0 Å². The molecule has 5 nitrogen and oxygen atoms in total. The molecule has 0 bridgehead atoms. The Morgan fingerprint density at radius 3 is 2.30 bits per heavy atom. The smallest absolute Gasteiger partial charge is 0.191 e. The Bertz CT molecular complexity index is 763. The van der Waals surface area contributed by atoms with Gasteiger partial charge in [-0.25, -0.2) is 4.99 Å². The molecule has 1 saturated heterocycles. The van der Waals surface area contributed by atoms with E-state index in [1.54, 1.807) is 0 Å². The molecule has 1 heterocycles. The fourth-order valence-electron chi connectivity index (χ4n) is 3.10. The van der Waals surface area contributed by atoms with E-state index in [0.717, 1.165) is 49.1 Å². The number of aliphatic imine (C=N–C) groups is 1. The van der Waals surface area contributed by atoms with Crippen molar-refractivity contribution in [2.45, 2.75) is 45.6 Å². The van der Waals surface area contributed by atoms with Crippen molar-refractivity contribution >= 4 is 41.5 Å². The third kappa shape index (κ3) is 8.79. The van der Waals surface area contributed by atoms with Crippen molar-refractivity contribution in [1.82, 2.24) is 10.6 Å². The van der Waals surface area contributed by atoms with Crippen molar-refractivity contribution < 1.29 is 9.47 Å². The molecule has 2 aromatic rings. The van der Waals surface area contributed by atoms with Gasteiger partial charge in [-0.05, 0) is 48.6 Å². The van der Waals surface area contributed by atoms with Gasteiger partial charge in [-0.2, -0.15) is 0 Å². The van der Waals surface area contributed by atoms with Gasteiger partial charge in [0.05, 0.1) is 19.3 Å². The Kier molecular flexibility index (Phi) is 11.5. The molecule has 3 rings (SSSR count). The molecule has 0 amide bonds. The van der Waals surface area contributed by atoms with Gasteiger partial charge in [-0.15, -0.1) is 24.0 Å². The Morgan fingerprint density at radius 2 is 1.63 bits per heavy atom. The standard InChI is InChI=1S/C23H30ClN3O2.HI/c1-2-25-23(27-16-19-7-9-21(24)10-8-19)26-15-18-3-5-20(6-4-18)17-29-22-11-13-28-14-12-22;/h3-10,22H,2,11-17H2,1H3,(H2,25,26,27);1H. The van der Waals surface area contributed by atoms with Crippen molar-refractivity contribution in [3.8, 4) is 0 Å². The number of halogens is 2. The fraction of sp³-hybridized carbons (Fsp3) is 0.435. The predicted molar refractivity (Wildman–Crippen MR) is 134 cm³/mol. The molecule has 164 valence electrons. The molecule has 0 saturated carbocycles. The minimum Gasteiger partial charge on any atom is -0.381 e. The summed E-state index contributed by atoms with van der Waals surface area (Å²) in [5.74, 6) is 0.800. The van der Waals surface area contributed by atoms with Crippen molar-refractivity contribution in [2.24, 2.45) is 4.99 Å². The molecule has 0 aromatic heterocycles. The van der Waals surface area contributed by atoms with Gasteiger partial charge in [0.25, 0.3) is 0 Å². The van der Waals surface area contributed by atoms with Crippen LogP contribution in [0.1, 0.15) is 36.5 Å². The lowest BCUT2D eigenvalue weighted by molar-refractivity contribution is -0.0390. The van der Waals surface area contributed by atoms with E-state index in [1.807, 2.05) is 24.3 Å². The SMILES string of the molecule is CCNC(=NCc1ccc(Cl)cc1)NCc1ccc(COC2CCOCC2)cc1.I. The molecule has 7 heteroatoms. The first-order valence-corrected chi connectivity index (χ1v) is 10.6. The van der Waals surface area contributed by atoms with E-state index < -0.39 is 0 Å². The summed E-state index contributed by atoms with van der Waals surface area (Å²) in [6, 6.07) is 16.3. The van der Waals surface area contributed by atoms with Crippen LogP contribution in [-0.2, 0) is 29.2 Å². The van der Waals surface area contributed by atoms with Crippen LogP contribution in [0.2, 0.25) is 5.02 Å². The number of guanidine groups is 1. The number of ether oxygens (including phenoxy) is 2. The van der Waals surface area contributed by atoms with Crippen molar-refractivity contribution in [2.75, 3.05) is 19.8 Å². The van der Waals surface area contributed by atoms with Crippen LogP contribution in [-0.4, -0.2) is 31.8 Å². The molecule has 0 unspecified atom stereocenters. The van der Waals surface area contributed by atoms with Crippen LogP contribution >= 0.6 is 35.6 Å². The number of hydrogen-bond acceptors (Lipinski definition) is 3. The van der Waals surface area contributed by atoms with Gasteiger partial charge >= 0.3 is 0 Å². The monoisotopic (exact) mass is 543 g/mol. The van der Waals surface area contributed by atoms with Crippen molar-refractivity contribution in [1.29, 1.82) is 0 Å². The highest BCUT2D eigenvalue weighted by atomic mass is 127. The predicted octanol–water partition coefficient (Wildman–Crippen LogP) is 4.91. The van der Waals surface area contributed by atoms with E-state index in [1.165, 1.54) is 11.1 Å². The number of nitrogens with zero attached hydrogens (tertiary/aromatic N) is 1. The summed E-state index contributed by atoms with van der Waals surface area (Å²) >= 11 is 5.94. The lowest BCUT2D eigenvalue weighted by Crippen LogP contribution is -2.36. The molecule has 0 aliphatic carbocycles. The van der Waals surface area contributed by atoms with Crippen LogP contribution in [0.5, 0.6) is 0 Å². The molecule has 2 aromatic carbocycles. The van der Waals surface area contributed by atoms with Crippen LogP contribution in [0.4, 0.5) is 0 Å². The summed E-state index contributed by atoms with van der Waals surface area (Å²) in [4.78, 5) is 4.65. The lowest BCUT2D eigenvalue weighted by atomic mass is 10.1. The summed E-state index contributed by atoms with van der Waals surface area (Å²) in [5, 5.41) is 7.41. The van der Waals surface area contributed by atoms with Gasteiger partial charge in [0.15, 0.2) is 5.96 Å². The Morgan fingerprint density at radius 1 is 1.00 bits per heavy atom. The quantitative estimate of drug-likeness (QED) is 0.282. The first kappa shape index (κ1) is 24.9. The van der Waals surface area contributed by atoms with E-state index in [-0.39, 0.29) is 24.0 Å². The number of nitrogens with one attached hydrogen (secondary N) is 2. The second-order valence-corrected chi connectivity index (χ2v) is 7.55. The summed E-state index contributed by atoms with van der Waals surface area (Å²) in [7, 11) is 0. The highest BCUT2D eigenvalue weighted by Crippen LogP contribution is 2.14. The average molecular weight is 544 g/mol. The van der Waals surface area contributed by atoms with Gasteiger partial charge in [0, 0.05) is 31.3 Å². The molecule has 30 heavy (non-hydrogen) atoms. The van der Waals surface area contributed by atoms with Crippen LogP contribution < -0.4 is 10.6 Å². The van der Waals surface area contributed by atoms with Gasteiger partial charge in [0.1, 0.15) is 0 Å². The first-order valence-electron chi connectivity index (χ1n) is 10.3. The highest BCUT2D eigenvalue weighted by molar-refractivity contribution is 14.0. The zero-order valence-electron chi connectivity index (χ0n) is 17.4. The zero-order chi connectivity index (χ0) is 20.3. The summed E-state index contributed by atoms with van der Waals surface area (Å²) in [6.45, 7) is 6.47. The Labute approximate surface area is 201 Å². The van der Waals surface area contributed by atoms with Gasteiger partial charge in [0.2, 0.25) is 0 Å². The molecule has 1 fully saturated rings. The second-order valence-electron chi connectivity index (χ2n) is 7.11. The molecular weight excluding hydrogens is 513 g/mol. The second kappa shape index (κ2) is 13.9. The van der Waals surface area contributed by atoms with Crippen LogP contribution in [0.3, 0.4) is 0 Å². The van der Waals surface area contributed by atoms with E-state index in [4.69, 9.17) is 21.1 Å². The van der Waals surface area contributed by atoms with Gasteiger partial charge < -0.3 is 20.1 Å². The van der Waals surface area contributed by atoms with E-state index in [9.17, 15) is 0 Å². The van der Waals surface area contributed by atoms with E-state index in [0.29, 0.717) is 25.8 Å². The summed E-state index contributed by atoms with van der Waals surface area (Å²) in [5.41, 5.74) is 3.53. The Balaban J connectivity index is 0.00000320. The number of hydrogen-bond donors (Lipinski definition) is 2. The minimum atomic E-state index is 0. The summed E-state index contributed by atoms with van der Waals surface area (Å²) in [6.07, 6.45) is 2.31. The van der Waals surface area contributed by atoms with E-state index in [2.05, 4.69) is 46.8 Å². The van der Waals surface area contributed by atoms with Crippen LogP contribution in [0.25, 0.3) is 0 Å². The molecule has 1 aliphatic heterocycles. The third-order valence-electron chi connectivity index (χ3n) is 4.81. The maximum Gasteiger partial charge on any atom is 0.191 e. The molecule has 0 atom stereocenters. The fourth-order valence-corrected chi connectivity index (χ4v) is 3.22. The average Bonchev–Trinajstić information content (AvgIpc) is 2.77. The molecular formula is C23H31ClIN3O2. The largest absolute Gasteiger partial charge is 0.381 e. The van der Waals surface area contributed by atoms with E-state index >= 15 is 0 Å². The maximum atomic E-state index is 5.99. The maximum absolute atomic E-state index is 5.99. The molecule has 1 aliphatic rings. The molecule has 2 N–H and O–H groups in total. The third-order valence-corrected chi connectivity index (χ3v) is 5.07.